The van der Waals surface area contributed by atoms with E-state index in [1.165, 1.54) is 24.0 Å². The Kier molecular flexibility index (Phi) is 4.47. The summed E-state index contributed by atoms with van der Waals surface area (Å²) in [5.41, 5.74) is 2.62. The number of hydrogen-bond acceptors (Lipinski definition) is 2. The lowest BCUT2D eigenvalue weighted by Gasteiger charge is -2.05. The van der Waals surface area contributed by atoms with Gasteiger partial charge in [0.25, 0.3) is 0 Å². The van der Waals surface area contributed by atoms with Crippen LogP contribution in [0.25, 0.3) is 0 Å². The molecule has 1 aromatic heterocycles. The zero-order valence-electron chi connectivity index (χ0n) is 8.51. The fourth-order valence-electron chi connectivity index (χ4n) is 1.21. The molecule has 0 unspecified atom stereocenters. The van der Waals surface area contributed by atoms with E-state index in [4.69, 9.17) is 0 Å². The second-order valence-electron chi connectivity index (χ2n) is 3.33. The Balaban J connectivity index is 2.32. The molecule has 0 aliphatic heterocycles. The van der Waals surface area contributed by atoms with Gasteiger partial charge in [-0.05, 0) is 37.1 Å². The van der Waals surface area contributed by atoms with Gasteiger partial charge in [-0.15, -0.1) is 0 Å². The molecule has 72 valence electrons. The smallest absolute Gasteiger partial charge is 0.0315 e. The highest BCUT2D eigenvalue weighted by Crippen LogP contribution is 2.03. The summed E-state index contributed by atoms with van der Waals surface area (Å²) in [6.45, 7) is 6.38. The van der Waals surface area contributed by atoms with Crippen LogP contribution >= 0.6 is 0 Å². The molecule has 0 aliphatic carbocycles. The van der Waals surface area contributed by atoms with Gasteiger partial charge >= 0.3 is 0 Å². The van der Waals surface area contributed by atoms with Gasteiger partial charge in [0.2, 0.25) is 0 Å². The Morgan fingerprint density at radius 3 is 3.00 bits per heavy atom. The van der Waals surface area contributed by atoms with Gasteiger partial charge in [-0.25, -0.2) is 0 Å². The minimum atomic E-state index is 0.944. The van der Waals surface area contributed by atoms with Crippen LogP contribution in [0.4, 0.5) is 0 Å². The molecular weight excluding hydrogens is 160 g/mol. The molecule has 1 N–H and O–H groups in total. The zero-order valence-corrected chi connectivity index (χ0v) is 8.51. The highest BCUT2D eigenvalue weighted by Gasteiger charge is 1.95. The van der Waals surface area contributed by atoms with Crippen molar-refractivity contribution in [2.24, 2.45) is 0 Å². The lowest BCUT2D eigenvalue weighted by molar-refractivity contribution is 0.639. The van der Waals surface area contributed by atoms with Gasteiger partial charge < -0.3 is 5.32 Å². The zero-order chi connectivity index (χ0) is 9.52. The van der Waals surface area contributed by atoms with Crippen molar-refractivity contribution in [1.82, 2.24) is 10.3 Å². The lowest BCUT2D eigenvalue weighted by Crippen LogP contribution is -2.15. The van der Waals surface area contributed by atoms with Gasteiger partial charge in [0.1, 0.15) is 0 Å². The molecule has 2 heteroatoms. The first-order valence-corrected chi connectivity index (χ1v) is 4.94. The first-order chi connectivity index (χ1) is 6.34. The number of hydrogen-bond donors (Lipinski definition) is 1. The predicted octanol–water partition coefficient (Wildman–Crippen LogP) is 2.28. The van der Waals surface area contributed by atoms with Gasteiger partial charge in [0.15, 0.2) is 0 Å². The number of aromatic nitrogens is 1. The first-order valence-electron chi connectivity index (χ1n) is 4.94. The number of pyridine rings is 1. The van der Waals surface area contributed by atoms with Gasteiger partial charge in [-0.3, -0.25) is 4.98 Å². The monoisotopic (exact) mass is 178 g/mol. The van der Waals surface area contributed by atoms with Crippen LogP contribution < -0.4 is 5.32 Å². The van der Waals surface area contributed by atoms with Crippen molar-refractivity contribution in [3.63, 3.8) is 0 Å². The van der Waals surface area contributed by atoms with E-state index < -0.39 is 0 Å². The topological polar surface area (TPSA) is 24.9 Å². The van der Waals surface area contributed by atoms with Crippen molar-refractivity contribution < 1.29 is 0 Å². The van der Waals surface area contributed by atoms with Crippen LogP contribution in [0.15, 0.2) is 18.5 Å². The summed E-state index contributed by atoms with van der Waals surface area (Å²) in [6, 6.07) is 2.05. The van der Waals surface area contributed by atoms with Crippen LogP contribution in [0.5, 0.6) is 0 Å². The van der Waals surface area contributed by atoms with Gasteiger partial charge in [0, 0.05) is 18.9 Å². The van der Waals surface area contributed by atoms with Crippen LogP contribution in [-0.4, -0.2) is 11.5 Å². The molecule has 1 rings (SSSR count). The molecule has 0 aliphatic rings. The highest BCUT2D eigenvalue weighted by atomic mass is 14.8. The van der Waals surface area contributed by atoms with E-state index in [2.05, 4.69) is 30.2 Å². The van der Waals surface area contributed by atoms with Crippen molar-refractivity contribution in [3.05, 3.63) is 29.6 Å². The Hall–Kier alpha value is -0.890. The summed E-state index contributed by atoms with van der Waals surface area (Å²) in [7, 11) is 0. The number of rotatable bonds is 5. The SMILES string of the molecule is CCCCNCc1cnccc1C. The molecule has 2 nitrogen and oxygen atoms in total. The van der Waals surface area contributed by atoms with E-state index in [-0.39, 0.29) is 0 Å². The van der Waals surface area contributed by atoms with Crippen molar-refractivity contribution in [2.45, 2.75) is 33.2 Å². The van der Waals surface area contributed by atoms with Crippen molar-refractivity contribution in [2.75, 3.05) is 6.54 Å². The summed E-state index contributed by atoms with van der Waals surface area (Å²) in [5, 5.41) is 3.40. The molecule has 1 heterocycles. The van der Waals surface area contributed by atoms with E-state index in [1.807, 2.05) is 12.4 Å². The average Bonchev–Trinajstić information content (AvgIpc) is 2.15. The Labute approximate surface area is 80.4 Å². The molecule has 0 aromatic carbocycles. The number of aryl methyl sites for hydroxylation is 1. The predicted molar refractivity (Wildman–Crippen MR) is 55.6 cm³/mol. The molecular formula is C11H18N2. The molecule has 0 spiro atoms. The fourth-order valence-corrected chi connectivity index (χ4v) is 1.21. The second kappa shape index (κ2) is 5.70. The van der Waals surface area contributed by atoms with Crippen molar-refractivity contribution in [1.29, 1.82) is 0 Å². The van der Waals surface area contributed by atoms with Crippen LogP contribution in [0.2, 0.25) is 0 Å². The molecule has 0 amide bonds. The molecule has 0 saturated heterocycles. The number of nitrogens with zero attached hydrogens (tertiary/aromatic N) is 1. The quantitative estimate of drug-likeness (QED) is 0.700. The van der Waals surface area contributed by atoms with E-state index in [1.54, 1.807) is 0 Å². The molecule has 0 fully saturated rings. The molecule has 0 bridgehead atoms. The van der Waals surface area contributed by atoms with E-state index >= 15 is 0 Å². The third-order valence-corrected chi connectivity index (χ3v) is 2.17. The third-order valence-electron chi connectivity index (χ3n) is 2.17. The molecule has 0 atom stereocenters. The molecule has 0 radical (unpaired) electrons. The Bertz CT molecular complexity index is 246. The van der Waals surface area contributed by atoms with Gasteiger partial charge in [-0.2, -0.15) is 0 Å². The highest BCUT2D eigenvalue weighted by molar-refractivity contribution is 5.20. The molecule has 0 saturated carbocycles. The summed E-state index contributed by atoms with van der Waals surface area (Å²) < 4.78 is 0. The summed E-state index contributed by atoms with van der Waals surface area (Å²) >= 11 is 0. The van der Waals surface area contributed by atoms with Crippen LogP contribution in [0.3, 0.4) is 0 Å². The van der Waals surface area contributed by atoms with Gasteiger partial charge in [0.05, 0.1) is 0 Å². The van der Waals surface area contributed by atoms with Crippen molar-refractivity contribution in [3.8, 4) is 0 Å². The molecule has 1 aromatic rings. The lowest BCUT2D eigenvalue weighted by atomic mass is 10.1. The summed E-state index contributed by atoms with van der Waals surface area (Å²) in [5.74, 6) is 0. The first kappa shape index (κ1) is 10.2. The number of nitrogens with one attached hydrogen (secondary N) is 1. The Morgan fingerprint density at radius 2 is 2.31 bits per heavy atom. The molecule has 13 heavy (non-hydrogen) atoms. The van der Waals surface area contributed by atoms with Crippen LogP contribution in [-0.2, 0) is 6.54 Å². The van der Waals surface area contributed by atoms with E-state index in [0.29, 0.717) is 0 Å². The van der Waals surface area contributed by atoms with Crippen LogP contribution in [0, 0.1) is 6.92 Å². The third kappa shape index (κ3) is 3.55. The van der Waals surface area contributed by atoms with E-state index in [9.17, 15) is 0 Å². The van der Waals surface area contributed by atoms with E-state index in [0.717, 1.165) is 13.1 Å². The maximum Gasteiger partial charge on any atom is 0.0315 e. The second-order valence-corrected chi connectivity index (χ2v) is 3.33. The van der Waals surface area contributed by atoms with Crippen LogP contribution in [0.1, 0.15) is 30.9 Å². The fraction of sp³-hybridized carbons (Fsp3) is 0.545. The standard InChI is InChI=1S/C11H18N2/c1-3-4-6-12-8-11-9-13-7-5-10(11)2/h5,7,9,12H,3-4,6,8H2,1-2H3. The minimum absolute atomic E-state index is 0.944. The van der Waals surface area contributed by atoms with Crippen molar-refractivity contribution >= 4 is 0 Å². The largest absolute Gasteiger partial charge is 0.313 e. The maximum absolute atomic E-state index is 4.10. The minimum Gasteiger partial charge on any atom is -0.313 e. The normalized spacial score (nSPS) is 10.3. The Morgan fingerprint density at radius 1 is 1.46 bits per heavy atom. The van der Waals surface area contributed by atoms with Gasteiger partial charge in [-0.1, -0.05) is 13.3 Å². The average molecular weight is 178 g/mol. The number of unbranched alkanes of at least 4 members (excludes halogenated alkanes) is 1. The summed E-state index contributed by atoms with van der Waals surface area (Å²) in [4.78, 5) is 4.10. The maximum atomic E-state index is 4.10. The summed E-state index contributed by atoms with van der Waals surface area (Å²) in [6.07, 6.45) is 6.28.